The Morgan fingerprint density at radius 1 is 1.25 bits per heavy atom. The number of hydrogen-bond donors (Lipinski definition) is 2. The lowest BCUT2D eigenvalue weighted by Gasteiger charge is -2.08. The summed E-state index contributed by atoms with van der Waals surface area (Å²) < 4.78 is 40.9. The van der Waals surface area contributed by atoms with Gasteiger partial charge in [-0.1, -0.05) is 0 Å². The number of nitrogens with two attached hydrogens (primary N) is 1. The molecule has 0 aromatic heterocycles. The third-order valence-electron chi connectivity index (χ3n) is 2.44. The van der Waals surface area contributed by atoms with Gasteiger partial charge in [-0.05, 0) is 30.7 Å². The van der Waals surface area contributed by atoms with Crippen molar-refractivity contribution in [2.45, 2.75) is 25.4 Å². The Bertz CT molecular complexity index is 419. The van der Waals surface area contributed by atoms with E-state index in [0.717, 1.165) is 0 Å². The zero-order valence-electron chi connectivity index (χ0n) is 10.9. The van der Waals surface area contributed by atoms with E-state index >= 15 is 0 Å². The lowest BCUT2D eigenvalue weighted by atomic mass is 10.3. The van der Waals surface area contributed by atoms with Gasteiger partial charge in [-0.25, -0.2) is 0 Å². The van der Waals surface area contributed by atoms with Gasteiger partial charge in [0.1, 0.15) is 5.75 Å². The van der Waals surface area contributed by atoms with Crippen LogP contribution in [0.2, 0.25) is 0 Å². The fourth-order valence-electron chi connectivity index (χ4n) is 1.43. The van der Waals surface area contributed by atoms with Crippen LogP contribution in [-0.2, 0) is 4.79 Å². The van der Waals surface area contributed by atoms with Crippen LogP contribution in [0.3, 0.4) is 0 Å². The zero-order chi connectivity index (χ0) is 15.0. The van der Waals surface area contributed by atoms with E-state index in [1.165, 1.54) is 0 Å². The fraction of sp³-hybridized carbons (Fsp3) is 0.462. The van der Waals surface area contributed by atoms with Gasteiger partial charge < -0.3 is 15.8 Å². The average Bonchev–Trinajstić information content (AvgIpc) is 2.36. The molecule has 0 saturated heterocycles. The minimum Gasteiger partial charge on any atom is -0.493 e. The Labute approximate surface area is 115 Å². The van der Waals surface area contributed by atoms with Gasteiger partial charge in [-0.15, -0.1) is 0 Å². The van der Waals surface area contributed by atoms with Gasteiger partial charge in [0.15, 0.2) is 0 Å². The van der Waals surface area contributed by atoms with Crippen LogP contribution < -0.4 is 15.8 Å². The number of hydrogen-bond acceptors (Lipinski definition) is 3. The van der Waals surface area contributed by atoms with E-state index in [0.29, 0.717) is 11.4 Å². The summed E-state index contributed by atoms with van der Waals surface area (Å²) in [5.74, 6) is 0.256. The Kier molecular flexibility index (Phi) is 6.14. The molecule has 0 aliphatic heterocycles. The number of nitrogen functional groups attached to an aromatic ring is 1. The minimum absolute atomic E-state index is 0.0141. The number of alkyl halides is 3. The average molecular weight is 290 g/mol. The highest BCUT2D eigenvalue weighted by Gasteiger charge is 2.25. The number of anilines is 1. The Morgan fingerprint density at radius 3 is 2.50 bits per heavy atom. The first-order chi connectivity index (χ1) is 9.37. The third-order valence-corrected chi connectivity index (χ3v) is 2.44. The normalized spacial score (nSPS) is 11.2. The van der Waals surface area contributed by atoms with Gasteiger partial charge in [0.05, 0.1) is 13.0 Å². The summed E-state index contributed by atoms with van der Waals surface area (Å²) in [6.45, 7) is 0.176. The lowest BCUT2D eigenvalue weighted by Crippen LogP contribution is -2.26. The van der Waals surface area contributed by atoms with E-state index in [2.05, 4.69) is 5.32 Å². The molecule has 0 unspecified atom stereocenters. The number of ether oxygens (including phenoxy) is 1. The van der Waals surface area contributed by atoms with Gasteiger partial charge in [0.2, 0.25) is 5.91 Å². The number of amides is 1. The molecule has 3 N–H and O–H groups in total. The summed E-state index contributed by atoms with van der Waals surface area (Å²) in [5, 5.41) is 2.41. The molecule has 1 aromatic carbocycles. The zero-order valence-corrected chi connectivity index (χ0v) is 10.9. The van der Waals surface area contributed by atoms with Crippen molar-refractivity contribution in [3.63, 3.8) is 0 Å². The van der Waals surface area contributed by atoms with Crippen LogP contribution in [0.15, 0.2) is 24.3 Å². The SMILES string of the molecule is Nc1ccc(OCCC(=O)NCCCC(F)(F)F)cc1. The first kappa shape index (κ1) is 16.1. The second-order valence-corrected chi connectivity index (χ2v) is 4.24. The molecule has 0 aliphatic carbocycles. The molecule has 112 valence electrons. The lowest BCUT2D eigenvalue weighted by molar-refractivity contribution is -0.136. The molecular formula is C13H17F3N2O2. The first-order valence-corrected chi connectivity index (χ1v) is 6.18. The Balaban J connectivity index is 2.10. The van der Waals surface area contributed by atoms with Crippen LogP contribution in [0.5, 0.6) is 5.75 Å². The van der Waals surface area contributed by atoms with Crippen molar-refractivity contribution < 1.29 is 22.7 Å². The van der Waals surface area contributed by atoms with Crippen molar-refractivity contribution in [2.24, 2.45) is 0 Å². The highest BCUT2D eigenvalue weighted by molar-refractivity contribution is 5.75. The first-order valence-electron chi connectivity index (χ1n) is 6.18. The molecule has 0 bridgehead atoms. The van der Waals surface area contributed by atoms with Crippen LogP contribution in [0.1, 0.15) is 19.3 Å². The molecule has 1 aromatic rings. The van der Waals surface area contributed by atoms with E-state index in [-0.39, 0.29) is 31.9 Å². The monoisotopic (exact) mass is 290 g/mol. The van der Waals surface area contributed by atoms with Gasteiger partial charge >= 0.3 is 6.18 Å². The largest absolute Gasteiger partial charge is 0.493 e. The highest BCUT2D eigenvalue weighted by atomic mass is 19.4. The van der Waals surface area contributed by atoms with Crippen LogP contribution in [-0.4, -0.2) is 25.2 Å². The summed E-state index contributed by atoms with van der Waals surface area (Å²) in [4.78, 5) is 11.3. The number of halogens is 3. The maximum atomic E-state index is 11.9. The van der Waals surface area contributed by atoms with Crippen molar-refractivity contribution in [1.82, 2.24) is 5.32 Å². The summed E-state index contributed by atoms with van der Waals surface area (Å²) in [6, 6.07) is 6.70. The van der Waals surface area contributed by atoms with E-state index in [1.54, 1.807) is 24.3 Å². The van der Waals surface area contributed by atoms with E-state index in [4.69, 9.17) is 10.5 Å². The number of carbonyl (C=O) groups is 1. The van der Waals surface area contributed by atoms with Crippen LogP contribution in [0.25, 0.3) is 0 Å². The quantitative estimate of drug-likeness (QED) is 0.599. The molecule has 0 atom stereocenters. The second-order valence-electron chi connectivity index (χ2n) is 4.24. The Morgan fingerprint density at radius 2 is 1.90 bits per heavy atom. The summed E-state index contributed by atoms with van der Waals surface area (Å²) in [5.41, 5.74) is 6.11. The third kappa shape index (κ3) is 7.50. The van der Waals surface area contributed by atoms with E-state index in [9.17, 15) is 18.0 Å². The van der Waals surface area contributed by atoms with Gasteiger partial charge in [-0.2, -0.15) is 13.2 Å². The number of carbonyl (C=O) groups excluding carboxylic acids is 1. The molecule has 20 heavy (non-hydrogen) atoms. The van der Waals surface area contributed by atoms with Gasteiger partial charge in [0.25, 0.3) is 0 Å². The predicted octanol–water partition coefficient (Wildman–Crippen LogP) is 2.50. The van der Waals surface area contributed by atoms with Crippen LogP contribution in [0, 0.1) is 0 Å². The summed E-state index contributed by atoms with van der Waals surface area (Å²) >= 11 is 0. The fourth-order valence-corrected chi connectivity index (χ4v) is 1.43. The van der Waals surface area contributed by atoms with E-state index < -0.39 is 12.6 Å². The van der Waals surface area contributed by atoms with Gasteiger partial charge in [0, 0.05) is 18.7 Å². The number of nitrogens with one attached hydrogen (secondary N) is 1. The molecule has 1 rings (SSSR count). The molecule has 1 amide bonds. The maximum absolute atomic E-state index is 11.9. The van der Waals surface area contributed by atoms with Crippen molar-refractivity contribution in [3.05, 3.63) is 24.3 Å². The maximum Gasteiger partial charge on any atom is 0.389 e. The highest BCUT2D eigenvalue weighted by Crippen LogP contribution is 2.20. The molecule has 4 nitrogen and oxygen atoms in total. The molecule has 0 spiro atoms. The van der Waals surface area contributed by atoms with E-state index in [1.807, 2.05) is 0 Å². The van der Waals surface area contributed by atoms with Crippen molar-refractivity contribution in [1.29, 1.82) is 0 Å². The van der Waals surface area contributed by atoms with Crippen LogP contribution in [0.4, 0.5) is 18.9 Å². The molecular weight excluding hydrogens is 273 g/mol. The summed E-state index contributed by atoms with van der Waals surface area (Å²) in [6.07, 6.45) is -5.09. The van der Waals surface area contributed by atoms with Crippen molar-refractivity contribution >= 4 is 11.6 Å². The van der Waals surface area contributed by atoms with Crippen molar-refractivity contribution in [3.8, 4) is 5.75 Å². The second kappa shape index (κ2) is 7.62. The van der Waals surface area contributed by atoms with Gasteiger partial charge in [-0.3, -0.25) is 4.79 Å². The Hall–Kier alpha value is -1.92. The minimum atomic E-state index is -4.18. The number of rotatable bonds is 7. The smallest absolute Gasteiger partial charge is 0.389 e. The molecule has 0 radical (unpaired) electrons. The standard InChI is InChI=1S/C13H17F3N2O2/c14-13(15,16)7-1-8-18-12(19)6-9-20-11-4-2-10(17)3-5-11/h2-5H,1,6-9,17H2,(H,18,19). The molecule has 0 saturated carbocycles. The summed E-state index contributed by atoms with van der Waals surface area (Å²) in [7, 11) is 0. The topological polar surface area (TPSA) is 64.3 Å². The van der Waals surface area contributed by atoms with Crippen LogP contribution >= 0.6 is 0 Å². The van der Waals surface area contributed by atoms with Crippen molar-refractivity contribution in [2.75, 3.05) is 18.9 Å². The molecule has 0 aliphatic rings. The number of benzene rings is 1. The predicted molar refractivity (Wildman–Crippen MR) is 69.3 cm³/mol. The molecule has 0 fully saturated rings. The molecule has 7 heteroatoms. The molecule has 0 heterocycles.